The molecule has 1 aliphatic carbocycles. The Morgan fingerprint density at radius 1 is 1.48 bits per heavy atom. The monoisotopic (exact) mass is 332 g/mol. The molecule has 1 aromatic rings. The van der Waals surface area contributed by atoms with Gasteiger partial charge in [-0.15, -0.1) is 11.3 Å². The van der Waals surface area contributed by atoms with Crippen molar-refractivity contribution in [1.82, 2.24) is 9.71 Å². The first-order valence-electron chi connectivity index (χ1n) is 6.78. The van der Waals surface area contributed by atoms with E-state index in [1.807, 2.05) is 20.8 Å². The fraction of sp³-hybridized carbons (Fsp3) is 0.692. The molecule has 1 saturated carbocycles. The van der Waals surface area contributed by atoms with Gasteiger partial charge in [-0.1, -0.05) is 20.8 Å². The van der Waals surface area contributed by atoms with Crippen LogP contribution in [0.25, 0.3) is 0 Å². The molecule has 1 fully saturated rings. The van der Waals surface area contributed by atoms with Crippen LogP contribution in [-0.4, -0.2) is 30.5 Å². The maximum atomic E-state index is 12.2. The molecule has 118 valence electrons. The largest absolute Gasteiger partial charge is 0.481 e. The summed E-state index contributed by atoms with van der Waals surface area (Å²) < 4.78 is 27.3. The third kappa shape index (κ3) is 4.02. The fourth-order valence-electron chi connectivity index (χ4n) is 2.25. The number of carbonyl (C=O) groups is 1. The van der Waals surface area contributed by atoms with Gasteiger partial charge in [0.15, 0.2) is 4.21 Å². The summed E-state index contributed by atoms with van der Waals surface area (Å²) >= 11 is 1.18. The molecule has 0 aromatic carbocycles. The van der Waals surface area contributed by atoms with E-state index in [0.29, 0.717) is 12.8 Å². The average molecular weight is 332 g/mol. The highest BCUT2D eigenvalue weighted by molar-refractivity contribution is 7.91. The second kappa shape index (κ2) is 5.66. The van der Waals surface area contributed by atoms with E-state index in [1.165, 1.54) is 17.5 Å². The molecule has 1 aliphatic rings. The highest BCUT2D eigenvalue weighted by Crippen LogP contribution is 2.33. The van der Waals surface area contributed by atoms with Crippen LogP contribution in [0, 0.1) is 5.92 Å². The van der Waals surface area contributed by atoms with E-state index in [9.17, 15) is 13.2 Å². The van der Waals surface area contributed by atoms with Gasteiger partial charge >= 0.3 is 5.97 Å². The number of thiazole rings is 1. The summed E-state index contributed by atoms with van der Waals surface area (Å²) in [6.07, 6.45) is 2.65. The number of carboxylic acids is 1. The molecule has 0 saturated heterocycles. The minimum Gasteiger partial charge on any atom is -0.481 e. The molecule has 0 amide bonds. The Kier molecular flexibility index (Phi) is 4.41. The lowest BCUT2D eigenvalue weighted by molar-refractivity contribution is -0.138. The van der Waals surface area contributed by atoms with Crippen LogP contribution in [0.15, 0.2) is 10.4 Å². The van der Waals surface area contributed by atoms with Gasteiger partial charge in [-0.05, 0) is 18.8 Å². The molecule has 2 rings (SSSR count). The molecule has 0 unspecified atom stereocenters. The lowest BCUT2D eigenvalue weighted by atomic mass is 9.79. The van der Waals surface area contributed by atoms with Crippen LogP contribution in [-0.2, 0) is 20.2 Å². The van der Waals surface area contributed by atoms with Crippen molar-refractivity contribution in [3.05, 3.63) is 11.2 Å². The van der Waals surface area contributed by atoms with Gasteiger partial charge in [-0.3, -0.25) is 4.79 Å². The van der Waals surface area contributed by atoms with Gasteiger partial charge in [0.2, 0.25) is 0 Å². The van der Waals surface area contributed by atoms with Crippen LogP contribution in [0.3, 0.4) is 0 Å². The number of hydrogen-bond acceptors (Lipinski definition) is 5. The van der Waals surface area contributed by atoms with Gasteiger partial charge in [0.25, 0.3) is 10.0 Å². The number of aliphatic carboxylic acids is 1. The van der Waals surface area contributed by atoms with Crippen molar-refractivity contribution in [1.29, 1.82) is 0 Å². The lowest BCUT2D eigenvalue weighted by Gasteiger charge is -2.34. The smallest absolute Gasteiger partial charge is 0.303 e. The number of aromatic nitrogens is 1. The SMILES string of the molecule is CC(C)(C)c1ncc(S(=O)(=O)NC2CC(CC(=O)O)C2)s1. The second-order valence-corrected chi connectivity index (χ2v) is 9.46. The Labute approximate surface area is 128 Å². The zero-order valence-corrected chi connectivity index (χ0v) is 13.9. The van der Waals surface area contributed by atoms with Gasteiger partial charge in [0.05, 0.1) is 11.2 Å². The Morgan fingerprint density at radius 3 is 2.57 bits per heavy atom. The van der Waals surface area contributed by atoms with Gasteiger partial charge in [0, 0.05) is 17.9 Å². The first-order chi connectivity index (χ1) is 9.58. The topological polar surface area (TPSA) is 96.4 Å². The van der Waals surface area contributed by atoms with Crippen molar-refractivity contribution >= 4 is 27.3 Å². The summed E-state index contributed by atoms with van der Waals surface area (Å²) in [5, 5.41) is 9.46. The van der Waals surface area contributed by atoms with E-state index in [-0.39, 0.29) is 28.0 Å². The van der Waals surface area contributed by atoms with Crippen LogP contribution in [0.2, 0.25) is 0 Å². The Hall–Kier alpha value is -0.990. The first-order valence-corrected chi connectivity index (χ1v) is 9.08. The van der Waals surface area contributed by atoms with Crippen molar-refractivity contribution in [3.8, 4) is 0 Å². The third-order valence-electron chi connectivity index (χ3n) is 3.41. The van der Waals surface area contributed by atoms with Gasteiger partial charge < -0.3 is 5.11 Å². The minimum absolute atomic E-state index is 0.0711. The molecule has 21 heavy (non-hydrogen) atoms. The van der Waals surface area contributed by atoms with E-state index < -0.39 is 16.0 Å². The molecule has 2 N–H and O–H groups in total. The number of sulfonamides is 1. The maximum Gasteiger partial charge on any atom is 0.303 e. The summed E-state index contributed by atoms with van der Waals surface area (Å²) in [7, 11) is -3.55. The van der Waals surface area contributed by atoms with Crippen LogP contribution >= 0.6 is 11.3 Å². The molecular weight excluding hydrogens is 312 g/mol. The summed E-state index contributed by atoms with van der Waals surface area (Å²) in [6, 6.07) is -0.167. The van der Waals surface area contributed by atoms with Crippen LogP contribution in [0.5, 0.6) is 0 Å². The zero-order valence-electron chi connectivity index (χ0n) is 12.3. The van der Waals surface area contributed by atoms with E-state index >= 15 is 0 Å². The number of hydrogen-bond donors (Lipinski definition) is 2. The average Bonchev–Trinajstić information content (AvgIpc) is 2.74. The third-order valence-corrected chi connectivity index (χ3v) is 6.82. The predicted octanol–water partition coefficient (Wildman–Crippen LogP) is 1.97. The molecule has 0 radical (unpaired) electrons. The number of nitrogens with one attached hydrogen (secondary N) is 1. The normalized spacial score (nSPS) is 22.8. The van der Waals surface area contributed by atoms with Crippen molar-refractivity contribution in [2.24, 2.45) is 5.92 Å². The molecule has 0 bridgehead atoms. The number of rotatable bonds is 5. The van der Waals surface area contributed by atoms with E-state index in [2.05, 4.69) is 9.71 Å². The Bertz CT molecular complexity index is 625. The molecule has 0 atom stereocenters. The quantitative estimate of drug-likeness (QED) is 0.859. The molecule has 8 heteroatoms. The van der Waals surface area contributed by atoms with Crippen molar-refractivity contribution in [2.45, 2.75) is 55.7 Å². The van der Waals surface area contributed by atoms with E-state index in [4.69, 9.17) is 5.11 Å². The number of nitrogens with zero attached hydrogens (tertiary/aromatic N) is 1. The molecule has 0 spiro atoms. The van der Waals surface area contributed by atoms with Crippen molar-refractivity contribution in [3.63, 3.8) is 0 Å². The standard InChI is InChI=1S/C13H20N2O4S2/c1-13(2,3)12-14-7-11(20-12)21(18,19)15-9-4-8(5-9)6-10(16)17/h7-9,15H,4-6H2,1-3H3,(H,16,17). The molecule has 0 aliphatic heterocycles. The molecule has 6 nitrogen and oxygen atoms in total. The first kappa shape index (κ1) is 16.4. The lowest BCUT2D eigenvalue weighted by Crippen LogP contribution is -2.44. The van der Waals surface area contributed by atoms with E-state index in [0.717, 1.165) is 5.01 Å². The van der Waals surface area contributed by atoms with Gasteiger partial charge in [0.1, 0.15) is 0 Å². The maximum absolute atomic E-state index is 12.2. The summed E-state index contributed by atoms with van der Waals surface area (Å²) in [5.74, 6) is -0.764. The fourth-order valence-corrected chi connectivity index (χ4v) is 4.72. The van der Waals surface area contributed by atoms with Crippen LogP contribution in [0.4, 0.5) is 0 Å². The second-order valence-electron chi connectivity index (χ2n) is 6.49. The minimum atomic E-state index is -3.55. The Balaban J connectivity index is 1.97. The zero-order chi connectivity index (χ0) is 15.8. The van der Waals surface area contributed by atoms with Crippen molar-refractivity contribution in [2.75, 3.05) is 0 Å². The van der Waals surface area contributed by atoms with Gasteiger partial charge in [-0.2, -0.15) is 0 Å². The molecule has 1 heterocycles. The van der Waals surface area contributed by atoms with Crippen LogP contribution in [0.1, 0.15) is 45.0 Å². The summed E-state index contributed by atoms with van der Waals surface area (Å²) in [5.41, 5.74) is -0.179. The highest BCUT2D eigenvalue weighted by atomic mass is 32.2. The molecular formula is C13H20N2O4S2. The predicted molar refractivity (Wildman–Crippen MR) is 79.9 cm³/mol. The Morgan fingerprint density at radius 2 is 2.10 bits per heavy atom. The number of carboxylic acid groups (broad SMARTS) is 1. The van der Waals surface area contributed by atoms with E-state index in [1.54, 1.807) is 0 Å². The highest BCUT2D eigenvalue weighted by Gasteiger charge is 2.34. The van der Waals surface area contributed by atoms with Crippen LogP contribution < -0.4 is 4.72 Å². The summed E-state index contributed by atoms with van der Waals surface area (Å²) in [6.45, 7) is 5.95. The van der Waals surface area contributed by atoms with Crippen molar-refractivity contribution < 1.29 is 18.3 Å². The molecule has 1 aromatic heterocycles. The summed E-state index contributed by atoms with van der Waals surface area (Å²) in [4.78, 5) is 14.7. The van der Waals surface area contributed by atoms with Gasteiger partial charge in [-0.25, -0.2) is 18.1 Å².